The summed E-state index contributed by atoms with van der Waals surface area (Å²) in [6, 6.07) is 8.19. The van der Waals surface area contributed by atoms with Crippen molar-refractivity contribution in [2.24, 2.45) is 0 Å². The van der Waals surface area contributed by atoms with Crippen molar-refractivity contribution in [3.8, 4) is 0 Å². The molecule has 9 heteroatoms. The minimum atomic E-state index is -0.465. The van der Waals surface area contributed by atoms with Gasteiger partial charge in [0.25, 0.3) is 5.91 Å². The number of nitrogens with zero attached hydrogens (tertiary/aromatic N) is 3. The number of nitrogens with one attached hydrogen (secondary N) is 2. The maximum Gasteiger partial charge on any atom is 0.278 e. The number of amides is 2. The van der Waals surface area contributed by atoms with Crippen molar-refractivity contribution in [1.82, 2.24) is 14.8 Å². The van der Waals surface area contributed by atoms with Crippen LogP contribution in [0.3, 0.4) is 0 Å². The van der Waals surface area contributed by atoms with Crippen LogP contribution in [0.2, 0.25) is 0 Å². The zero-order valence-corrected chi connectivity index (χ0v) is 15.9. The van der Waals surface area contributed by atoms with Crippen LogP contribution in [0, 0.1) is 0 Å². The van der Waals surface area contributed by atoms with Crippen LogP contribution in [0.5, 0.6) is 0 Å². The van der Waals surface area contributed by atoms with Crippen molar-refractivity contribution in [3.05, 3.63) is 60.6 Å². The molecule has 2 atom stereocenters. The maximum absolute atomic E-state index is 12.7. The van der Waals surface area contributed by atoms with Crippen molar-refractivity contribution in [1.29, 1.82) is 0 Å². The Morgan fingerprint density at radius 1 is 1.24 bits per heavy atom. The molecule has 1 aromatic carbocycles. The van der Waals surface area contributed by atoms with E-state index in [2.05, 4.69) is 20.7 Å². The van der Waals surface area contributed by atoms with Crippen molar-refractivity contribution in [3.63, 3.8) is 0 Å². The second-order valence-corrected chi connectivity index (χ2v) is 6.75. The lowest BCUT2D eigenvalue weighted by molar-refractivity contribution is -0.119. The average molecular weight is 395 g/mol. The lowest BCUT2D eigenvalue weighted by Gasteiger charge is -2.13. The molecule has 3 heterocycles. The topological polar surface area (TPSA) is 111 Å². The van der Waals surface area contributed by atoms with E-state index in [0.29, 0.717) is 23.7 Å². The second kappa shape index (κ2) is 8.27. The van der Waals surface area contributed by atoms with Gasteiger partial charge in [-0.2, -0.15) is 5.10 Å². The highest BCUT2D eigenvalue weighted by atomic mass is 16.5. The summed E-state index contributed by atoms with van der Waals surface area (Å²) >= 11 is 0. The Morgan fingerprint density at radius 3 is 2.79 bits per heavy atom. The molecule has 29 heavy (non-hydrogen) atoms. The van der Waals surface area contributed by atoms with Crippen LogP contribution < -0.4 is 10.6 Å². The van der Waals surface area contributed by atoms with Gasteiger partial charge in [0.05, 0.1) is 0 Å². The number of rotatable bonds is 6. The van der Waals surface area contributed by atoms with E-state index in [-0.39, 0.29) is 17.7 Å². The summed E-state index contributed by atoms with van der Waals surface area (Å²) in [5.74, 6) is -0.163. The first-order valence-corrected chi connectivity index (χ1v) is 9.38. The summed E-state index contributed by atoms with van der Waals surface area (Å²) in [5, 5.41) is 9.70. The highest BCUT2D eigenvalue weighted by Gasteiger charge is 2.28. The Labute approximate surface area is 167 Å². The monoisotopic (exact) mass is 395 g/mol. The van der Waals surface area contributed by atoms with Crippen molar-refractivity contribution in [2.45, 2.75) is 31.9 Å². The molecule has 1 saturated heterocycles. The molecule has 0 saturated carbocycles. The van der Waals surface area contributed by atoms with E-state index < -0.39 is 11.9 Å². The Balaban J connectivity index is 1.43. The van der Waals surface area contributed by atoms with E-state index in [1.165, 1.54) is 6.39 Å². The van der Waals surface area contributed by atoms with Gasteiger partial charge in [-0.15, -0.1) is 0 Å². The standard InChI is InChI=1S/C20H21N5O4/c1-13(25-9-4-8-22-25)19(26)23-14-5-2-6-15(11-14)24-20(27)17-18(29-12-21-17)16-7-3-10-28-16/h2,4-6,8-9,11-13,16H,3,7,10H2,1H3,(H,23,26)(H,24,27). The molecule has 4 rings (SSSR count). The number of carbonyl (C=O) groups excluding carboxylic acids is 2. The first kappa shape index (κ1) is 18.9. The Hall–Kier alpha value is -3.46. The van der Waals surface area contributed by atoms with Gasteiger partial charge >= 0.3 is 0 Å². The van der Waals surface area contributed by atoms with Crippen LogP contribution >= 0.6 is 0 Å². The molecule has 0 radical (unpaired) electrons. The molecule has 0 aliphatic carbocycles. The van der Waals surface area contributed by atoms with E-state index in [1.54, 1.807) is 54.3 Å². The fourth-order valence-corrected chi connectivity index (χ4v) is 3.18. The molecule has 1 fully saturated rings. The molecule has 0 bridgehead atoms. The van der Waals surface area contributed by atoms with Gasteiger partial charge in [-0.05, 0) is 44.0 Å². The fourth-order valence-electron chi connectivity index (χ4n) is 3.18. The molecule has 2 N–H and O–H groups in total. The second-order valence-electron chi connectivity index (χ2n) is 6.75. The van der Waals surface area contributed by atoms with Gasteiger partial charge in [0.2, 0.25) is 5.91 Å². The van der Waals surface area contributed by atoms with E-state index in [4.69, 9.17) is 9.15 Å². The zero-order chi connectivity index (χ0) is 20.2. The Bertz CT molecular complexity index is 992. The average Bonchev–Trinajstić information content (AvgIpc) is 3.49. The molecule has 1 aliphatic rings. The van der Waals surface area contributed by atoms with E-state index in [9.17, 15) is 9.59 Å². The lowest BCUT2D eigenvalue weighted by Crippen LogP contribution is -2.24. The van der Waals surface area contributed by atoms with Gasteiger partial charge in [0.1, 0.15) is 12.1 Å². The number of carbonyl (C=O) groups is 2. The first-order chi connectivity index (χ1) is 14.1. The third kappa shape index (κ3) is 4.19. The summed E-state index contributed by atoms with van der Waals surface area (Å²) in [6.45, 7) is 2.40. The predicted octanol–water partition coefficient (Wildman–Crippen LogP) is 3.17. The van der Waals surface area contributed by atoms with E-state index in [0.717, 1.165) is 12.8 Å². The summed E-state index contributed by atoms with van der Waals surface area (Å²) in [5.41, 5.74) is 1.30. The van der Waals surface area contributed by atoms with Gasteiger partial charge in [0, 0.05) is 30.4 Å². The molecule has 2 unspecified atom stereocenters. The third-order valence-corrected chi connectivity index (χ3v) is 4.72. The summed E-state index contributed by atoms with van der Waals surface area (Å²) in [4.78, 5) is 29.1. The van der Waals surface area contributed by atoms with Crippen LogP contribution in [0.1, 0.15) is 48.2 Å². The summed E-state index contributed by atoms with van der Waals surface area (Å²) < 4.78 is 12.5. The van der Waals surface area contributed by atoms with Crippen LogP contribution in [-0.2, 0) is 9.53 Å². The maximum atomic E-state index is 12.7. The number of ether oxygens (including phenoxy) is 1. The fraction of sp³-hybridized carbons (Fsp3) is 0.300. The molecule has 2 aromatic heterocycles. The van der Waals surface area contributed by atoms with Crippen LogP contribution in [0.25, 0.3) is 0 Å². The molecule has 2 amide bonds. The quantitative estimate of drug-likeness (QED) is 0.663. The van der Waals surface area contributed by atoms with E-state index in [1.807, 2.05) is 0 Å². The lowest BCUT2D eigenvalue weighted by atomic mass is 10.1. The first-order valence-electron chi connectivity index (χ1n) is 9.38. The van der Waals surface area contributed by atoms with Crippen LogP contribution in [0.15, 0.2) is 53.5 Å². The van der Waals surface area contributed by atoms with Crippen molar-refractivity contribution in [2.75, 3.05) is 17.2 Å². The third-order valence-electron chi connectivity index (χ3n) is 4.72. The molecule has 0 spiro atoms. The number of anilines is 2. The molecule has 1 aliphatic heterocycles. The molecule has 150 valence electrons. The zero-order valence-electron chi connectivity index (χ0n) is 15.9. The summed E-state index contributed by atoms with van der Waals surface area (Å²) in [6.07, 6.45) is 6.07. The summed E-state index contributed by atoms with van der Waals surface area (Å²) in [7, 11) is 0. The number of hydrogen-bond acceptors (Lipinski definition) is 6. The highest BCUT2D eigenvalue weighted by Crippen LogP contribution is 2.30. The van der Waals surface area contributed by atoms with Gasteiger partial charge in [-0.25, -0.2) is 4.98 Å². The molecule has 3 aromatic rings. The number of oxazole rings is 1. The largest absolute Gasteiger partial charge is 0.445 e. The molecular formula is C20H21N5O4. The van der Waals surface area contributed by atoms with E-state index >= 15 is 0 Å². The van der Waals surface area contributed by atoms with Gasteiger partial charge in [-0.1, -0.05) is 6.07 Å². The predicted molar refractivity (Wildman–Crippen MR) is 104 cm³/mol. The van der Waals surface area contributed by atoms with Gasteiger partial charge in [-0.3, -0.25) is 14.3 Å². The van der Waals surface area contributed by atoms with Crippen LogP contribution in [0.4, 0.5) is 11.4 Å². The van der Waals surface area contributed by atoms with Gasteiger partial charge < -0.3 is 19.8 Å². The smallest absolute Gasteiger partial charge is 0.278 e. The molecule has 9 nitrogen and oxygen atoms in total. The minimum absolute atomic E-state index is 0.207. The van der Waals surface area contributed by atoms with Crippen LogP contribution in [-0.4, -0.2) is 33.2 Å². The van der Waals surface area contributed by atoms with Crippen molar-refractivity contribution < 1.29 is 18.7 Å². The number of hydrogen-bond donors (Lipinski definition) is 2. The minimum Gasteiger partial charge on any atom is -0.445 e. The number of aromatic nitrogens is 3. The normalized spacial score (nSPS) is 17.1. The Kier molecular flexibility index (Phi) is 5.39. The highest BCUT2D eigenvalue weighted by molar-refractivity contribution is 6.04. The van der Waals surface area contributed by atoms with Gasteiger partial charge in [0.15, 0.2) is 17.8 Å². The SMILES string of the molecule is CC(C(=O)Nc1cccc(NC(=O)c2ncoc2C2CCCO2)c1)n1cccn1. The number of benzene rings is 1. The Morgan fingerprint density at radius 2 is 2.07 bits per heavy atom. The molecular weight excluding hydrogens is 374 g/mol. The van der Waals surface area contributed by atoms with Crippen molar-refractivity contribution >= 4 is 23.2 Å².